The molecular weight excluding hydrogens is 206 g/mol. The fourth-order valence-electron chi connectivity index (χ4n) is 2.26. The highest BCUT2D eigenvalue weighted by Gasteiger charge is 2.29. The zero-order chi connectivity index (χ0) is 11.1. The normalized spacial score (nSPS) is 22.6. The number of amides is 1. The van der Waals surface area contributed by atoms with E-state index in [0.29, 0.717) is 6.54 Å². The smallest absolute Gasteiger partial charge is 0.243 e. The van der Waals surface area contributed by atoms with Gasteiger partial charge in [-0.05, 0) is 0 Å². The first-order chi connectivity index (χ1) is 7.77. The maximum Gasteiger partial charge on any atom is 0.243 e. The first-order valence-corrected chi connectivity index (χ1v) is 5.37. The van der Waals surface area contributed by atoms with Crippen LogP contribution in [0.4, 0.5) is 0 Å². The van der Waals surface area contributed by atoms with Gasteiger partial charge < -0.3 is 11.1 Å². The number of nitrogens with one attached hydrogen (secondary N) is 1. The summed E-state index contributed by atoms with van der Waals surface area (Å²) in [5, 5.41) is 7.66. The molecule has 84 valence electrons. The lowest BCUT2D eigenvalue weighted by Gasteiger charge is -2.23. The minimum absolute atomic E-state index is 0.342. The number of rotatable bonds is 1. The molecule has 3 heterocycles. The molecule has 1 amide bonds. The molecule has 0 aromatic carbocycles. The minimum Gasteiger partial charge on any atom is -0.368 e. The molecular formula is C10H13N5O. The predicted molar refractivity (Wildman–Crippen MR) is 58.3 cm³/mol. The van der Waals surface area contributed by atoms with E-state index in [1.807, 2.05) is 6.21 Å². The third-order valence-electron chi connectivity index (χ3n) is 3.08. The number of aliphatic imine (C=N–C) groups is 1. The molecule has 0 aliphatic carbocycles. The number of carbonyl (C=O) groups excluding carboxylic acids is 1. The zero-order valence-electron chi connectivity index (χ0n) is 8.81. The highest BCUT2D eigenvalue weighted by Crippen LogP contribution is 2.22. The average Bonchev–Trinajstić information content (AvgIpc) is 2.67. The number of hydrogen-bond donors (Lipinski definition) is 2. The van der Waals surface area contributed by atoms with Crippen molar-refractivity contribution < 1.29 is 4.79 Å². The van der Waals surface area contributed by atoms with Gasteiger partial charge in [-0.2, -0.15) is 5.10 Å². The summed E-state index contributed by atoms with van der Waals surface area (Å²) in [6.45, 7) is 2.05. The number of fused-ring (bicyclic) bond motifs is 3. The number of nitrogens with two attached hydrogens (primary N) is 1. The highest BCUT2D eigenvalue weighted by molar-refractivity contribution is 5.85. The molecule has 0 fully saturated rings. The Morgan fingerprint density at radius 2 is 2.50 bits per heavy atom. The summed E-state index contributed by atoms with van der Waals surface area (Å²) in [7, 11) is 0. The first kappa shape index (κ1) is 9.53. The number of aromatic nitrogens is 2. The summed E-state index contributed by atoms with van der Waals surface area (Å²) in [5.41, 5.74) is 8.48. The van der Waals surface area contributed by atoms with Gasteiger partial charge in [-0.25, -0.2) is 0 Å². The van der Waals surface area contributed by atoms with Crippen LogP contribution < -0.4 is 11.1 Å². The minimum atomic E-state index is -0.372. The molecule has 1 aromatic heterocycles. The Hall–Kier alpha value is -1.69. The second-order valence-electron chi connectivity index (χ2n) is 4.09. The van der Waals surface area contributed by atoms with Crippen LogP contribution >= 0.6 is 0 Å². The van der Waals surface area contributed by atoms with Gasteiger partial charge in [0.1, 0.15) is 6.04 Å². The summed E-state index contributed by atoms with van der Waals surface area (Å²) >= 11 is 0. The van der Waals surface area contributed by atoms with Crippen LogP contribution in [0.1, 0.15) is 23.0 Å². The van der Waals surface area contributed by atoms with Crippen molar-refractivity contribution in [1.82, 2.24) is 15.1 Å². The fourth-order valence-corrected chi connectivity index (χ4v) is 2.26. The third-order valence-corrected chi connectivity index (χ3v) is 3.08. The predicted octanol–water partition coefficient (Wildman–Crippen LogP) is -1.01. The Balaban J connectivity index is 2.12. The van der Waals surface area contributed by atoms with Crippen LogP contribution in [0, 0.1) is 0 Å². The van der Waals surface area contributed by atoms with Gasteiger partial charge in [0.05, 0.1) is 11.4 Å². The Morgan fingerprint density at radius 1 is 1.62 bits per heavy atom. The van der Waals surface area contributed by atoms with Crippen molar-refractivity contribution in [2.24, 2.45) is 10.7 Å². The lowest BCUT2D eigenvalue weighted by atomic mass is 10.1. The number of nitrogens with zero attached hydrogens (tertiary/aromatic N) is 3. The van der Waals surface area contributed by atoms with E-state index in [0.717, 1.165) is 36.5 Å². The van der Waals surface area contributed by atoms with Crippen molar-refractivity contribution in [1.29, 1.82) is 0 Å². The third kappa shape index (κ3) is 1.26. The largest absolute Gasteiger partial charge is 0.368 e. The molecule has 3 N–H and O–H groups in total. The quantitative estimate of drug-likeness (QED) is 0.634. The second-order valence-corrected chi connectivity index (χ2v) is 4.09. The Labute approximate surface area is 92.5 Å². The summed E-state index contributed by atoms with van der Waals surface area (Å²) in [5.74, 6) is -0.342. The lowest BCUT2D eigenvalue weighted by Crippen LogP contribution is -2.41. The van der Waals surface area contributed by atoms with Crippen LogP contribution in [0.5, 0.6) is 0 Å². The molecule has 0 saturated heterocycles. The van der Waals surface area contributed by atoms with Crippen LogP contribution in [0.2, 0.25) is 0 Å². The topological polar surface area (TPSA) is 85.3 Å². The monoisotopic (exact) mass is 219 g/mol. The summed E-state index contributed by atoms with van der Waals surface area (Å²) in [6.07, 6.45) is 2.69. The van der Waals surface area contributed by atoms with E-state index in [4.69, 9.17) is 5.73 Å². The molecule has 3 rings (SSSR count). The second kappa shape index (κ2) is 3.41. The molecule has 2 aliphatic heterocycles. The number of carbonyl (C=O) groups is 1. The first-order valence-electron chi connectivity index (χ1n) is 5.37. The van der Waals surface area contributed by atoms with Crippen molar-refractivity contribution in [3.8, 4) is 0 Å². The molecule has 0 bridgehead atoms. The number of primary amides is 1. The molecule has 1 atom stereocenters. The fraction of sp³-hybridized carbons (Fsp3) is 0.500. The van der Waals surface area contributed by atoms with E-state index in [1.165, 1.54) is 0 Å². The summed E-state index contributed by atoms with van der Waals surface area (Å²) in [6, 6.07) is -0.372. The molecule has 2 aliphatic rings. The van der Waals surface area contributed by atoms with E-state index in [9.17, 15) is 4.79 Å². The maximum atomic E-state index is 11.3. The van der Waals surface area contributed by atoms with Gasteiger partial charge in [0.2, 0.25) is 5.91 Å². The molecule has 0 spiro atoms. The molecule has 1 aromatic rings. The SMILES string of the molecule is NC(=O)C1CNCc2c3c(nn21)CCN=C3. The summed E-state index contributed by atoms with van der Waals surface area (Å²) < 4.78 is 1.76. The van der Waals surface area contributed by atoms with Crippen molar-refractivity contribution in [3.05, 3.63) is 17.0 Å². The molecule has 6 heteroatoms. The van der Waals surface area contributed by atoms with E-state index in [1.54, 1.807) is 4.68 Å². The van der Waals surface area contributed by atoms with Crippen LogP contribution in [0.15, 0.2) is 4.99 Å². The van der Waals surface area contributed by atoms with Gasteiger partial charge >= 0.3 is 0 Å². The van der Waals surface area contributed by atoms with Crippen molar-refractivity contribution in [2.75, 3.05) is 13.1 Å². The average molecular weight is 219 g/mol. The Morgan fingerprint density at radius 3 is 3.31 bits per heavy atom. The Kier molecular flexibility index (Phi) is 2.03. The molecule has 16 heavy (non-hydrogen) atoms. The molecule has 6 nitrogen and oxygen atoms in total. The highest BCUT2D eigenvalue weighted by atomic mass is 16.1. The molecule has 0 saturated carbocycles. The number of hydrogen-bond acceptors (Lipinski definition) is 4. The van der Waals surface area contributed by atoms with Gasteiger partial charge in [0.15, 0.2) is 0 Å². The van der Waals surface area contributed by atoms with Gasteiger partial charge in [-0.1, -0.05) is 0 Å². The molecule has 1 unspecified atom stereocenters. The van der Waals surface area contributed by atoms with E-state index in [-0.39, 0.29) is 11.9 Å². The van der Waals surface area contributed by atoms with Crippen molar-refractivity contribution in [3.63, 3.8) is 0 Å². The van der Waals surface area contributed by atoms with Crippen molar-refractivity contribution in [2.45, 2.75) is 19.0 Å². The Bertz CT molecular complexity index is 476. The van der Waals surface area contributed by atoms with Crippen LogP contribution in [0.25, 0.3) is 0 Å². The summed E-state index contributed by atoms with van der Waals surface area (Å²) in [4.78, 5) is 15.6. The van der Waals surface area contributed by atoms with E-state index >= 15 is 0 Å². The van der Waals surface area contributed by atoms with E-state index in [2.05, 4.69) is 15.4 Å². The van der Waals surface area contributed by atoms with Gasteiger partial charge in [0, 0.05) is 37.8 Å². The van der Waals surface area contributed by atoms with Crippen LogP contribution in [-0.4, -0.2) is 35.0 Å². The van der Waals surface area contributed by atoms with Gasteiger partial charge in [-0.15, -0.1) is 0 Å². The standard InChI is InChI=1S/C10H13N5O/c11-10(16)9-5-13-4-8-6-3-12-2-1-7(6)14-15(8)9/h3,9,13H,1-2,4-5H2,(H2,11,16). The molecule has 0 radical (unpaired) electrons. The van der Waals surface area contributed by atoms with Crippen molar-refractivity contribution >= 4 is 12.1 Å². The van der Waals surface area contributed by atoms with Crippen LogP contribution in [0.3, 0.4) is 0 Å². The van der Waals surface area contributed by atoms with E-state index < -0.39 is 0 Å². The maximum absolute atomic E-state index is 11.3. The lowest BCUT2D eigenvalue weighted by molar-refractivity contribution is -0.121. The van der Waals surface area contributed by atoms with Gasteiger partial charge in [0.25, 0.3) is 0 Å². The zero-order valence-corrected chi connectivity index (χ0v) is 8.81. The van der Waals surface area contributed by atoms with Crippen LogP contribution in [-0.2, 0) is 17.8 Å². The van der Waals surface area contributed by atoms with Gasteiger partial charge in [-0.3, -0.25) is 14.5 Å².